The van der Waals surface area contributed by atoms with Crippen LogP contribution < -0.4 is 5.14 Å². The van der Waals surface area contributed by atoms with Gasteiger partial charge in [-0.2, -0.15) is 13.2 Å². The van der Waals surface area contributed by atoms with E-state index in [0.717, 1.165) is 24.3 Å². The molecule has 3 aromatic rings. The molecule has 0 bridgehead atoms. The van der Waals surface area contributed by atoms with Crippen LogP contribution in [0.4, 0.5) is 30.7 Å². The van der Waals surface area contributed by atoms with Crippen molar-refractivity contribution in [1.82, 2.24) is 0 Å². The van der Waals surface area contributed by atoms with E-state index in [0.29, 0.717) is 18.2 Å². The Morgan fingerprint density at radius 2 is 1.19 bits per heavy atom. The minimum atomic E-state index is -4.85. The van der Waals surface area contributed by atoms with Crippen LogP contribution in [-0.4, -0.2) is 8.42 Å². The monoisotopic (exact) mass is 483 g/mol. The zero-order chi connectivity index (χ0) is 23.3. The number of halogens is 8. The van der Waals surface area contributed by atoms with Crippen LogP contribution >= 0.6 is 11.6 Å². The number of hydrogen-bond donors (Lipinski definition) is 1. The Hall–Kier alpha value is -2.63. The third-order valence-electron chi connectivity index (χ3n) is 4.30. The van der Waals surface area contributed by atoms with Crippen molar-refractivity contribution in [1.29, 1.82) is 0 Å². The van der Waals surface area contributed by atoms with Gasteiger partial charge in [0, 0.05) is 11.1 Å². The summed E-state index contributed by atoms with van der Waals surface area (Å²) in [5.74, 6) is -8.06. The number of sulfonamides is 1. The van der Waals surface area contributed by atoms with Gasteiger partial charge >= 0.3 is 6.18 Å². The van der Waals surface area contributed by atoms with Crippen LogP contribution in [0.25, 0.3) is 22.3 Å². The molecule has 0 saturated heterocycles. The average Bonchev–Trinajstić information content (AvgIpc) is 2.67. The first-order valence-electron chi connectivity index (χ1n) is 8.09. The van der Waals surface area contributed by atoms with Crippen LogP contribution in [-0.2, 0) is 16.2 Å². The minimum Gasteiger partial charge on any atom is -0.225 e. The Bertz CT molecular complexity index is 1290. The Morgan fingerprint density at radius 3 is 1.61 bits per heavy atom. The van der Waals surface area contributed by atoms with Crippen molar-refractivity contribution in [2.45, 2.75) is 11.1 Å². The molecule has 0 aliphatic carbocycles. The fraction of sp³-hybridized carbons (Fsp3) is 0.0526. The zero-order valence-electron chi connectivity index (χ0n) is 14.9. The van der Waals surface area contributed by atoms with Crippen molar-refractivity contribution < 1.29 is 39.2 Å². The van der Waals surface area contributed by atoms with Crippen LogP contribution in [0.2, 0.25) is 5.02 Å². The lowest BCUT2D eigenvalue weighted by molar-refractivity contribution is -0.137. The molecule has 0 spiro atoms. The second-order valence-corrected chi connectivity index (χ2v) is 8.24. The van der Waals surface area contributed by atoms with Gasteiger partial charge in [0.2, 0.25) is 10.0 Å². The lowest BCUT2D eigenvalue weighted by Crippen LogP contribution is -2.11. The SMILES string of the molecule is NS(=O)(=O)c1ccc(-c2c(F)c(F)c(F)c(F)c2-c2ccc(C(F)(F)F)c(Cl)c2)cc1. The molecule has 0 radical (unpaired) electrons. The van der Waals surface area contributed by atoms with Gasteiger partial charge in [0.05, 0.1) is 15.5 Å². The summed E-state index contributed by atoms with van der Waals surface area (Å²) >= 11 is 5.61. The minimum absolute atomic E-state index is 0.297. The van der Waals surface area contributed by atoms with Crippen LogP contribution in [0, 0.1) is 23.3 Å². The van der Waals surface area contributed by atoms with Gasteiger partial charge in [0.25, 0.3) is 0 Å². The Labute approximate surface area is 175 Å². The molecule has 0 heterocycles. The third-order valence-corrected chi connectivity index (χ3v) is 5.54. The number of alkyl halides is 3. The maximum absolute atomic E-state index is 14.6. The van der Waals surface area contributed by atoms with Crippen LogP contribution in [0.1, 0.15) is 5.56 Å². The van der Waals surface area contributed by atoms with Crippen molar-refractivity contribution in [3.05, 3.63) is 76.3 Å². The highest BCUT2D eigenvalue weighted by Gasteiger charge is 2.34. The number of benzene rings is 3. The number of primary sulfonamides is 1. The smallest absolute Gasteiger partial charge is 0.225 e. The standard InChI is InChI=1S/C19H9ClF7NO2S/c20-12-7-9(3-6-11(12)19(25,26)27)14-13(15(21)17(23)18(24)16(14)22)8-1-4-10(5-2-8)31(28,29)30/h1-7H,(H2,28,29,30). The first kappa shape index (κ1) is 23.0. The molecule has 12 heteroatoms. The summed E-state index contributed by atoms with van der Waals surface area (Å²) in [7, 11) is -4.15. The number of nitrogens with two attached hydrogens (primary N) is 1. The summed E-state index contributed by atoms with van der Waals surface area (Å²) < 4.78 is 119. The summed E-state index contributed by atoms with van der Waals surface area (Å²) in [5, 5.41) is 4.07. The number of hydrogen-bond acceptors (Lipinski definition) is 2. The fourth-order valence-corrected chi connectivity index (χ4v) is 3.69. The molecule has 0 aliphatic rings. The first-order chi connectivity index (χ1) is 14.2. The normalized spacial score (nSPS) is 12.3. The van der Waals surface area contributed by atoms with Crippen molar-refractivity contribution in [3.8, 4) is 22.3 Å². The van der Waals surface area contributed by atoms with Crippen LogP contribution in [0.3, 0.4) is 0 Å². The molecule has 0 aliphatic heterocycles. The Morgan fingerprint density at radius 1 is 0.742 bits per heavy atom. The predicted molar refractivity (Wildman–Crippen MR) is 98.5 cm³/mol. The maximum atomic E-state index is 14.6. The van der Waals surface area contributed by atoms with Gasteiger partial charge in [-0.1, -0.05) is 29.8 Å². The molecule has 0 amide bonds. The highest BCUT2D eigenvalue weighted by molar-refractivity contribution is 7.89. The van der Waals surface area contributed by atoms with E-state index in [9.17, 15) is 39.2 Å². The molecule has 0 fully saturated rings. The maximum Gasteiger partial charge on any atom is 0.417 e. The second kappa shape index (κ2) is 7.81. The lowest BCUT2D eigenvalue weighted by Gasteiger charge is -2.16. The summed E-state index contributed by atoms with van der Waals surface area (Å²) in [5.41, 5.74) is -3.81. The molecule has 164 valence electrons. The van der Waals surface area contributed by atoms with E-state index in [4.69, 9.17) is 16.7 Å². The fourth-order valence-electron chi connectivity index (χ4n) is 2.89. The van der Waals surface area contributed by atoms with Gasteiger partial charge in [-0.15, -0.1) is 0 Å². The summed E-state index contributed by atoms with van der Waals surface area (Å²) in [6.45, 7) is 0. The van der Waals surface area contributed by atoms with Crippen molar-refractivity contribution in [3.63, 3.8) is 0 Å². The average molecular weight is 484 g/mol. The van der Waals surface area contributed by atoms with Gasteiger partial charge in [-0.25, -0.2) is 31.1 Å². The van der Waals surface area contributed by atoms with E-state index in [1.807, 2.05) is 0 Å². The van der Waals surface area contributed by atoms with E-state index >= 15 is 0 Å². The molecule has 0 saturated carbocycles. The molecule has 3 nitrogen and oxygen atoms in total. The topological polar surface area (TPSA) is 60.2 Å². The predicted octanol–water partition coefficient (Wildman–Crippen LogP) is 5.90. The molecule has 31 heavy (non-hydrogen) atoms. The van der Waals surface area contributed by atoms with E-state index in [1.54, 1.807) is 0 Å². The molecule has 0 aromatic heterocycles. The Balaban J connectivity index is 2.33. The quantitative estimate of drug-likeness (QED) is 0.286. The number of rotatable bonds is 3. The van der Waals surface area contributed by atoms with Crippen molar-refractivity contribution in [2.24, 2.45) is 5.14 Å². The largest absolute Gasteiger partial charge is 0.417 e. The Kier molecular flexibility index (Phi) is 5.80. The van der Waals surface area contributed by atoms with Gasteiger partial charge < -0.3 is 0 Å². The van der Waals surface area contributed by atoms with Gasteiger partial charge in [0.15, 0.2) is 23.3 Å². The molecule has 3 rings (SSSR count). The molecular formula is C19H9ClF7NO2S. The van der Waals surface area contributed by atoms with Gasteiger partial charge in [-0.05, 0) is 35.4 Å². The zero-order valence-corrected chi connectivity index (χ0v) is 16.4. The van der Waals surface area contributed by atoms with Crippen LogP contribution in [0.15, 0.2) is 47.4 Å². The van der Waals surface area contributed by atoms with Crippen molar-refractivity contribution >= 4 is 21.6 Å². The summed E-state index contributed by atoms with van der Waals surface area (Å²) in [6, 6.07) is 5.53. The highest BCUT2D eigenvalue weighted by Crippen LogP contribution is 2.42. The summed E-state index contributed by atoms with van der Waals surface area (Å²) in [4.78, 5) is -0.404. The molecular weight excluding hydrogens is 475 g/mol. The van der Waals surface area contributed by atoms with E-state index in [-0.39, 0.29) is 5.56 Å². The van der Waals surface area contributed by atoms with Crippen molar-refractivity contribution in [2.75, 3.05) is 0 Å². The van der Waals surface area contributed by atoms with Gasteiger partial charge in [-0.3, -0.25) is 0 Å². The van der Waals surface area contributed by atoms with Crippen LogP contribution in [0.5, 0.6) is 0 Å². The third kappa shape index (κ3) is 4.25. The van der Waals surface area contributed by atoms with E-state index < -0.39 is 71.6 Å². The highest BCUT2D eigenvalue weighted by atomic mass is 35.5. The lowest BCUT2D eigenvalue weighted by atomic mass is 9.92. The molecule has 0 atom stereocenters. The van der Waals surface area contributed by atoms with E-state index in [2.05, 4.69) is 0 Å². The molecule has 2 N–H and O–H groups in total. The molecule has 0 unspecified atom stereocenters. The van der Waals surface area contributed by atoms with Gasteiger partial charge in [0.1, 0.15) is 0 Å². The molecule has 3 aromatic carbocycles. The summed E-state index contributed by atoms with van der Waals surface area (Å²) in [6.07, 6.45) is -4.85. The van der Waals surface area contributed by atoms with E-state index in [1.165, 1.54) is 0 Å². The first-order valence-corrected chi connectivity index (χ1v) is 10.0. The second-order valence-electron chi connectivity index (χ2n) is 6.27.